The molecule has 3 heterocycles. The average molecular weight is 452 g/mol. The quantitative estimate of drug-likeness (QED) is 0.627. The fourth-order valence-corrected chi connectivity index (χ4v) is 6.67. The van der Waals surface area contributed by atoms with Gasteiger partial charge in [-0.05, 0) is 74.8 Å². The lowest BCUT2D eigenvalue weighted by Crippen LogP contribution is -2.50. The van der Waals surface area contributed by atoms with Crippen molar-refractivity contribution in [2.75, 3.05) is 26.2 Å². The predicted octanol–water partition coefficient (Wildman–Crippen LogP) is 4.57. The van der Waals surface area contributed by atoms with Gasteiger partial charge in [0.05, 0.1) is 12.0 Å². The van der Waals surface area contributed by atoms with Crippen LogP contribution in [0.15, 0.2) is 41.8 Å². The van der Waals surface area contributed by atoms with Gasteiger partial charge in [0.2, 0.25) is 5.91 Å². The van der Waals surface area contributed by atoms with Crippen LogP contribution in [-0.4, -0.2) is 53.8 Å². The monoisotopic (exact) mass is 451 g/mol. The second kappa shape index (κ2) is 9.75. The van der Waals surface area contributed by atoms with Crippen LogP contribution in [0.3, 0.4) is 0 Å². The molecule has 1 aliphatic carbocycles. The lowest BCUT2D eigenvalue weighted by molar-refractivity contribution is -0.124. The molecule has 6 heteroatoms. The highest BCUT2D eigenvalue weighted by molar-refractivity contribution is 7.10. The maximum Gasteiger partial charge on any atom is 0.254 e. The minimum atomic E-state index is -0.366. The van der Waals surface area contributed by atoms with Crippen molar-refractivity contribution in [2.24, 2.45) is 0 Å². The lowest BCUT2D eigenvalue weighted by Gasteiger charge is -2.44. The molecule has 2 aromatic rings. The van der Waals surface area contributed by atoms with E-state index in [1.165, 1.54) is 25.9 Å². The largest absolute Gasteiger partial charge is 0.355 e. The number of hydrogen-bond acceptors (Lipinski definition) is 4. The third kappa shape index (κ3) is 4.23. The summed E-state index contributed by atoms with van der Waals surface area (Å²) in [6.45, 7) is 4.09. The Morgan fingerprint density at radius 2 is 1.81 bits per heavy atom. The summed E-state index contributed by atoms with van der Waals surface area (Å²) in [5.74, 6) is -0.230. The summed E-state index contributed by atoms with van der Waals surface area (Å²) in [4.78, 5) is 33.0. The summed E-state index contributed by atoms with van der Waals surface area (Å²) < 4.78 is 0. The maximum absolute atomic E-state index is 13.7. The highest BCUT2D eigenvalue weighted by Gasteiger charge is 2.47. The molecule has 0 unspecified atom stereocenters. The molecule has 1 saturated heterocycles. The standard InChI is InChI=1S/C26H33N3O2S/c30-25(27-14-8-17-28-15-5-6-16-28)23-20-11-3-4-12-21(20)26(31)29(19-9-1-2-10-19)24(23)22-13-7-18-32-22/h3-4,7,11-13,18-19,23-24H,1-2,5-6,8-10,14-17H2,(H,27,30)/t23-,24+/m0/s1. The predicted molar refractivity (Wildman–Crippen MR) is 128 cm³/mol. The molecule has 2 fully saturated rings. The van der Waals surface area contributed by atoms with E-state index < -0.39 is 0 Å². The number of carbonyl (C=O) groups excluding carboxylic acids is 2. The number of rotatable bonds is 7. The maximum atomic E-state index is 13.7. The fourth-order valence-electron chi connectivity index (χ4n) is 5.81. The van der Waals surface area contributed by atoms with E-state index in [1.54, 1.807) is 11.3 Å². The summed E-state index contributed by atoms with van der Waals surface area (Å²) in [6.07, 6.45) is 7.91. The second-order valence-electron chi connectivity index (χ2n) is 9.37. The summed E-state index contributed by atoms with van der Waals surface area (Å²) in [5.41, 5.74) is 1.58. The lowest BCUT2D eigenvalue weighted by atomic mass is 9.80. The molecule has 1 aromatic heterocycles. The smallest absolute Gasteiger partial charge is 0.254 e. The van der Waals surface area contributed by atoms with Gasteiger partial charge < -0.3 is 15.1 Å². The normalized spacial score (nSPS) is 24.1. The van der Waals surface area contributed by atoms with Gasteiger partial charge in [-0.3, -0.25) is 9.59 Å². The zero-order valence-corrected chi connectivity index (χ0v) is 19.5. The van der Waals surface area contributed by atoms with E-state index in [0.29, 0.717) is 12.1 Å². The summed E-state index contributed by atoms with van der Waals surface area (Å²) >= 11 is 1.65. The van der Waals surface area contributed by atoms with Crippen molar-refractivity contribution in [2.45, 2.75) is 62.9 Å². The molecule has 2 amide bonds. The molecule has 3 aliphatic rings. The Morgan fingerprint density at radius 3 is 2.56 bits per heavy atom. The van der Waals surface area contributed by atoms with Crippen LogP contribution in [0.2, 0.25) is 0 Å². The van der Waals surface area contributed by atoms with Crippen molar-refractivity contribution in [1.29, 1.82) is 0 Å². The van der Waals surface area contributed by atoms with Gasteiger partial charge in [0.25, 0.3) is 5.91 Å². The van der Waals surface area contributed by atoms with Crippen molar-refractivity contribution in [3.63, 3.8) is 0 Å². The summed E-state index contributed by atoms with van der Waals surface area (Å²) in [5, 5.41) is 5.29. The van der Waals surface area contributed by atoms with E-state index in [9.17, 15) is 9.59 Å². The van der Waals surface area contributed by atoms with Crippen LogP contribution >= 0.6 is 11.3 Å². The van der Waals surface area contributed by atoms with E-state index in [2.05, 4.69) is 26.6 Å². The number of hydrogen-bond donors (Lipinski definition) is 1. The van der Waals surface area contributed by atoms with Crippen LogP contribution in [0.4, 0.5) is 0 Å². The van der Waals surface area contributed by atoms with Crippen molar-refractivity contribution >= 4 is 23.2 Å². The Hall–Kier alpha value is -2.18. The van der Waals surface area contributed by atoms with Gasteiger partial charge >= 0.3 is 0 Å². The Balaban J connectivity index is 1.42. The van der Waals surface area contributed by atoms with Gasteiger partial charge in [0.1, 0.15) is 0 Å². The third-order valence-corrected chi connectivity index (χ3v) is 8.30. The summed E-state index contributed by atoms with van der Waals surface area (Å²) in [6, 6.07) is 11.9. The number of benzene rings is 1. The number of thiophene rings is 1. The van der Waals surface area contributed by atoms with Crippen molar-refractivity contribution in [1.82, 2.24) is 15.1 Å². The van der Waals surface area contributed by atoms with Crippen LogP contribution in [0.25, 0.3) is 0 Å². The van der Waals surface area contributed by atoms with Crippen LogP contribution < -0.4 is 5.32 Å². The molecular weight excluding hydrogens is 418 g/mol. The first-order valence-corrected chi connectivity index (χ1v) is 13.1. The van der Waals surface area contributed by atoms with Crippen molar-refractivity contribution in [3.05, 3.63) is 57.8 Å². The topological polar surface area (TPSA) is 52.7 Å². The van der Waals surface area contributed by atoms with E-state index in [-0.39, 0.29) is 29.8 Å². The first-order chi connectivity index (χ1) is 15.7. The zero-order chi connectivity index (χ0) is 21.9. The molecule has 1 N–H and O–H groups in total. The van der Waals surface area contributed by atoms with Crippen LogP contribution in [0, 0.1) is 0 Å². The van der Waals surface area contributed by atoms with Gasteiger partial charge in [-0.2, -0.15) is 0 Å². The first-order valence-electron chi connectivity index (χ1n) is 12.2. The molecule has 0 spiro atoms. The van der Waals surface area contributed by atoms with Gasteiger partial charge in [-0.25, -0.2) is 0 Å². The molecular formula is C26H33N3O2S. The minimum absolute atomic E-state index is 0.0489. The number of amides is 2. The molecule has 2 atom stereocenters. The number of nitrogens with zero attached hydrogens (tertiary/aromatic N) is 2. The Bertz CT molecular complexity index is 932. The number of likely N-dealkylation sites (tertiary alicyclic amines) is 1. The van der Waals surface area contributed by atoms with E-state index >= 15 is 0 Å². The van der Waals surface area contributed by atoms with E-state index in [0.717, 1.165) is 49.1 Å². The molecule has 2 aliphatic heterocycles. The second-order valence-corrected chi connectivity index (χ2v) is 10.3. The van der Waals surface area contributed by atoms with Crippen LogP contribution in [-0.2, 0) is 4.79 Å². The Kier molecular flexibility index (Phi) is 6.60. The summed E-state index contributed by atoms with van der Waals surface area (Å²) in [7, 11) is 0. The highest BCUT2D eigenvalue weighted by Crippen LogP contribution is 2.47. The molecule has 1 saturated carbocycles. The molecule has 32 heavy (non-hydrogen) atoms. The van der Waals surface area contributed by atoms with Crippen LogP contribution in [0.1, 0.15) is 77.7 Å². The zero-order valence-electron chi connectivity index (χ0n) is 18.7. The number of nitrogens with one attached hydrogen (secondary N) is 1. The molecule has 1 aromatic carbocycles. The van der Waals surface area contributed by atoms with Gasteiger partial charge in [0.15, 0.2) is 0 Å². The van der Waals surface area contributed by atoms with Crippen LogP contribution in [0.5, 0.6) is 0 Å². The Labute approximate surface area is 194 Å². The molecule has 0 bridgehead atoms. The number of fused-ring (bicyclic) bond motifs is 1. The van der Waals surface area contributed by atoms with Gasteiger partial charge in [0, 0.05) is 23.0 Å². The first kappa shape index (κ1) is 21.7. The third-order valence-electron chi connectivity index (χ3n) is 7.36. The molecule has 170 valence electrons. The number of carbonyl (C=O) groups is 2. The Morgan fingerprint density at radius 1 is 1.03 bits per heavy atom. The molecule has 5 rings (SSSR count). The van der Waals surface area contributed by atoms with Crippen molar-refractivity contribution in [3.8, 4) is 0 Å². The minimum Gasteiger partial charge on any atom is -0.355 e. The SMILES string of the molecule is O=C(NCCCN1CCCC1)[C@H]1c2ccccc2C(=O)N(C2CCCC2)[C@@H]1c1cccs1. The molecule has 5 nitrogen and oxygen atoms in total. The van der Waals surface area contributed by atoms with Gasteiger partial charge in [-0.15, -0.1) is 11.3 Å². The highest BCUT2D eigenvalue weighted by atomic mass is 32.1. The van der Waals surface area contributed by atoms with Gasteiger partial charge in [-0.1, -0.05) is 37.1 Å². The van der Waals surface area contributed by atoms with E-state index in [4.69, 9.17) is 0 Å². The fraction of sp³-hybridized carbons (Fsp3) is 0.538. The molecule has 0 radical (unpaired) electrons. The van der Waals surface area contributed by atoms with E-state index in [1.807, 2.05) is 30.3 Å². The average Bonchev–Trinajstić information content (AvgIpc) is 3.60. The van der Waals surface area contributed by atoms with Crippen molar-refractivity contribution < 1.29 is 9.59 Å².